The highest BCUT2D eigenvalue weighted by molar-refractivity contribution is 7.97. The van der Waals surface area contributed by atoms with Gasteiger partial charge >= 0.3 is 0 Å². The fourth-order valence-electron chi connectivity index (χ4n) is 2.23. The fourth-order valence-corrected chi connectivity index (χ4v) is 5.19. The molecule has 9 heteroatoms. The van der Waals surface area contributed by atoms with Crippen LogP contribution in [-0.2, 0) is 26.1 Å². The van der Waals surface area contributed by atoms with E-state index in [-0.39, 0.29) is 4.90 Å². The molecule has 1 amide bonds. The number of amides is 1. The van der Waals surface area contributed by atoms with Crippen LogP contribution in [0.2, 0.25) is 0 Å². The maximum absolute atomic E-state index is 12.2. The summed E-state index contributed by atoms with van der Waals surface area (Å²) in [6.45, 7) is 0. The summed E-state index contributed by atoms with van der Waals surface area (Å²) in [5.41, 5.74) is 1.23. The SMILES string of the molecule is O=C(CS(=O)(=O)c1ccccc1)Nc1nnc(CSCc2ccccc2)s1. The molecule has 27 heavy (non-hydrogen) atoms. The number of hydrogen-bond acceptors (Lipinski definition) is 7. The quantitative estimate of drug-likeness (QED) is 0.602. The molecule has 3 rings (SSSR count). The van der Waals surface area contributed by atoms with Gasteiger partial charge in [0.2, 0.25) is 11.0 Å². The van der Waals surface area contributed by atoms with E-state index in [9.17, 15) is 13.2 Å². The molecule has 1 N–H and O–H groups in total. The molecule has 0 saturated heterocycles. The van der Waals surface area contributed by atoms with Gasteiger partial charge in [0.25, 0.3) is 0 Å². The summed E-state index contributed by atoms with van der Waals surface area (Å²) in [7, 11) is -3.68. The lowest BCUT2D eigenvalue weighted by Gasteiger charge is -2.03. The number of nitrogens with zero attached hydrogens (tertiary/aromatic N) is 2. The molecule has 0 aliphatic carbocycles. The minimum absolute atomic E-state index is 0.121. The van der Waals surface area contributed by atoms with Gasteiger partial charge in [-0.05, 0) is 17.7 Å². The number of aromatic nitrogens is 2. The van der Waals surface area contributed by atoms with Crippen LogP contribution in [-0.4, -0.2) is 30.3 Å². The van der Waals surface area contributed by atoms with E-state index in [0.717, 1.165) is 10.8 Å². The fraction of sp³-hybridized carbons (Fsp3) is 0.167. The first kappa shape index (κ1) is 19.5. The first-order valence-electron chi connectivity index (χ1n) is 8.05. The zero-order valence-electron chi connectivity index (χ0n) is 14.2. The summed E-state index contributed by atoms with van der Waals surface area (Å²) < 4.78 is 24.4. The van der Waals surface area contributed by atoms with Crippen LogP contribution < -0.4 is 5.32 Å². The molecule has 0 bridgehead atoms. The molecule has 1 heterocycles. The highest BCUT2D eigenvalue weighted by Crippen LogP contribution is 2.22. The molecule has 0 unspecified atom stereocenters. The van der Waals surface area contributed by atoms with Crippen molar-refractivity contribution in [1.82, 2.24) is 10.2 Å². The molecule has 0 spiro atoms. The average Bonchev–Trinajstić information content (AvgIpc) is 3.10. The number of carbonyl (C=O) groups is 1. The van der Waals surface area contributed by atoms with Crippen LogP contribution >= 0.6 is 23.1 Å². The van der Waals surface area contributed by atoms with Gasteiger partial charge in [0.05, 0.1) is 4.90 Å². The van der Waals surface area contributed by atoms with Crippen molar-refractivity contribution in [2.75, 3.05) is 11.1 Å². The molecule has 0 fully saturated rings. The molecule has 0 atom stereocenters. The number of sulfone groups is 1. The highest BCUT2D eigenvalue weighted by atomic mass is 32.2. The predicted molar refractivity (Wildman–Crippen MR) is 108 cm³/mol. The summed E-state index contributed by atoms with van der Waals surface area (Å²) in [4.78, 5) is 12.2. The van der Waals surface area contributed by atoms with E-state index in [4.69, 9.17) is 0 Å². The van der Waals surface area contributed by atoms with Crippen LogP contribution in [0.5, 0.6) is 0 Å². The maximum Gasteiger partial charge on any atom is 0.241 e. The molecule has 1 aromatic heterocycles. The van der Waals surface area contributed by atoms with Crippen molar-refractivity contribution in [3.8, 4) is 0 Å². The van der Waals surface area contributed by atoms with E-state index in [0.29, 0.717) is 10.9 Å². The topological polar surface area (TPSA) is 89.0 Å². The highest BCUT2D eigenvalue weighted by Gasteiger charge is 2.20. The smallest absolute Gasteiger partial charge is 0.241 e. The first-order valence-corrected chi connectivity index (χ1v) is 11.7. The number of rotatable bonds is 8. The van der Waals surface area contributed by atoms with Gasteiger partial charge in [-0.25, -0.2) is 8.42 Å². The van der Waals surface area contributed by atoms with Crippen LogP contribution in [0.15, 0.2) is 65.6 Å². The molecule has 2 aromatic carbocycles. The molecule has 6 nitrogen and oxygen atoms in total. The van der Waals surface area contributed by atoms with E-state index < -0.39 is 21.5 Å². The number of hydrogen-bond donors (Lipinski definition) is 1. The number of nitrogens with one attached hydrogen (secondary N) is 1. The predicted octanol–water partition coefficient (Wildman–Crippen LogP) is 3.38. The Balaban J connectivity index is 1.50. The third kappa shape index (κ3) is 5.88. The number of benzene rings is 2. The van der Waals surface area contributed by atoms with Crippen molar-refractivity contribution in [3.63, 3.8) is 0 Å². The largest absolute Gasteiger partial charge is 0.300 e. The summed E-state index contributed by atoms with van der Waals surface area (Å²) in [5, 5.41) is 11.5. The van der Waals surface area contributed by atoms with Crippen molar-refractivity contribution < 1.29 is 13.2 Å². The molecular weight excluding hydrogens is 402 g/mol. The minimum Gasteiger partial charge on any atom is -0.300 e. The normalized spacial score (nSPS) is 11.3. The van der Waals surface area contributed by atoms with Crippen LogP contribution in [0, 0.1) is 0 Å². The average molecular weight is 420 g/mol. The van der Waals surface area contributed by atoms with Crippen molar-refractivity contribution >= 4 is 44.0 Å². The summed E-state index contributed by atoms with van der Waals surface area (Å²) in [5.74, 6) is 0.273. The van der Waals surface area contributed by atoms with Crippen molar-refractivity contribution in [2.24, 2.45) is 0 Å². The Morgan fingerprint density at radius 3 is 2.33 bits per heavy atom. The van der Waals surface area contributed by atoms with Gasteiger partial charge < -0.3 is 0 Å². The van der Waals surface area contributed by atoms with Crippen LogP contribution in [0.25, 0.3) is 0 Å². The van der Waals surface area contributed by atoms with Gasteiger partial charge in [0.15, 0.2) is 9.84 Å². The molecular formula is C18H17N3O3S3. The van der Waals surface area contributed by atoms with E-state index in [1.165, 1.54) is 29.0 Å². The monoisotopic (exact) mass is 419 g/mol. The van der Waals surface area contributed by atoms with Crippen LogP contribution in [0.3, 0.4) is 0 Å². The van der Waals surface area contributed by atoms with E-state index in [1.807, 2.05) is 18.2 Å². The van der Waals surface area contributed by atoms with Crippen molar-refractivity contribution in [1.29, 1.82) is 0 Å². The second kappa shape index (κ2) is 9.12. The molecule has 3 aromatic rings. The van der Waals surface area contributed by atoms with E-state index in [2.05, 4.69) is 27.6 Å². The molecule has 140 valence electrons. The maximum atomic E-state index is 12.2. The molecule has 0 radical (unpaired) electrons. The number of anilines is 1. The number of carbonyl (C=O) groups excluding carboxylic acids is 1. The van der Waals surface area contributed by atoms with Gasteiger partial charge in [-0.3, -0.25) is 10.1 Å². The van der Waals surface area contributed by atoms with Crippen LogP contribution in [0.4, 0.5) is 5.13 Å². The Kier molecular flexibility index (Phi) is 6.59. The number of thioether (sulfide) groups is 1. The Morgan fingerprint density at radius 2 is 1.63 bits per heavy atom. The zero-order valence-corrected chi connectivity index (χ0v) is 16.7. The second-order valence-electron chi connectivity index (χ2n) is 5.60. The molecule has 0 aliphatic rings. The minimum atomic E-state index is -3.68. The van der Waals surface area contributed by atoms with Gasteiger partial charge in [0.1, 0.15) is 10.8 Å². The Hall–Kier alpha value is -2.23. The van der Waals surface area contributed by atoms with Gasteiger partial charge in [0, 0.05) is 11.5 Å². The molecule has 0 aliphatic heterocycles. The summed E-state index contributed by atoms with van der Waals surface area (Å²) >= 11 is 2.95. The first-order chi connectivity index (χ1) is 13.0. The van der Waals surface area contributed by atoms with Crippen molar-refractivity contribution in [3.05, 3.63) is 71.2 Å². The summed E-state index contributed by atoms with van der Waals surface area (Å²) in [6, 6.07) is 18.0. The Labute approximate surface area is 166 Å². The summed E-state index contributed by atoms with van der Waals surface area (Å²) in [6.07, 6.45) is 0. The zero-order chi connectivity index (χ0) is 19.1. The van der Waals surface area contributed by atoms with Gasteiger partial charge in [-0.15, -0.1) is 22.0 Å². The third-order valence-corrected chi connectivity index (χ3v) is 7.14. The lowest BCUT2D eigenvalue weighted by Crippen LogP contribution is -2.22. The Morgan fingerprint density at radius 1 is 0.963 bits per heavy atom. The third-order valence-electron chi connectivity index (χ3n) is 3.47. The van der Waals surface area contributed by atoms with Gasteiger partial charge in [-0.1, -0.05) is 59.9 Å². The second-order valence-corrected chi connectivity index (χ2v) is 9.64. The van der Waals surface area contributed by atoms with Crippen molar-refractivity contribution in [2.45, 2.75) is 16.4 Å². The standard InChI is InChI=1S/C18H17N3O3S3/c22-16(13-27(23,24)15-9-5-2-6-10-15)19-18-21-20-17(26-18)12-25-11-14-7-3-1-4-8-14/h1-10H,11-13H2,(H,19,21,22). The van der Waals surface area contributed by atoms with E-state index in [1.54, 1.807) is 30.0 Å². The lowest BCUT2D eigenvalue weighted by molar-refractivity contribution is -0.113. The van der Waals surface area contributed by atoms with E-state index >= 15 is 0 Å². The van der Waals surface area contributed by atoms with Crippen LogP contribution in [0.1, 0.15) is 10.6 Å². The van der Waals surface area contributed by atoms with Gasteiger partial charge in [-0.2, -0.15) is 0 Å². The lowest BCUT2D eigenvalue weighted by atomic mass is 10.2. The molecule has 0 saturated carbocycles. The Bertz CT molecular complexity index is 990.